The molecule has 0 bridgehead atoms. The Hall–Kier alpha value is -3.59. The number of benzene rings is 1. The molecular weight excluding hydrogens is 506 g/mol. The number of carbonyl (C=O) groups is 1. The zero-order valence-corrected chi connectivity index (χ0v) is 24.8. The van der Waals surface area contributed by atoms with Crippen LogP contribution in [0.2, 0.25) is 0 Å². The quantitative estimate of drug-likeness (QED) is 0.478. The summed E-state index contributed by atoms with van der Waals surface area (Å²) in [7, 11) is 7.81. The van der Waals surface area contributed by atoms with Crippen LogP contribution in [0.25, 0.3) is 11.1 Å². The van der Waals surface area contributed by atoms with Crippen LogP contribution in [-0.2, 0) is 20.0 Å². The van der Waals surface area contributed by atoms with Crippen molar-refractivity contribution in [2.45, 2.75) is 71.6 Å². The summed E-state index contributed by atoms with van der Waals surface area (Å²) in [6, 6.07) is 2.51. The number of pyridine rings is 1. The fraction of sp³-hybridized carbons (Fsp3) is 0.516. The molecule has 1 fully saturated rings. The Kier molecular flexibility index (Phi) is 7.77. The van der Waals surface area contributed by atoms with E-state index in [4.69, 9.17) is 9.47 Å². The first-order valence-corrected chi connectivity index (χ1v) is 14.1. The van der Waals surface area contributed by atoms with Gasteiger partial charge in [0.05, 0.1) is 31.5 Å². The lowest BCUT2D eigenvalue weighted by molar-refractivity contribution is 0.0722. The number of ether oxygens (including phenoxy) is 2. The second-order valence-electron chi connectivity index (χ2n) is 11.6. The average molecular weight is 548 g/mol. The minimum Gasteiger partial charge on any atom is -0.492 e. The Morgan fingerprint density at radius 1 is 1.07 bits per heavy atom. The van der Waals surface area contributed by atoms with E-state index < -0.39 is 0 Å². The monoisotopic (exact) mass is 547 g/mol. The maximum Gasteiger partial charge on any atom is 0.254 e. The number of rotatable bonds is 7. The molecule has 3 aromatic rings. The van der Waals surface area contributed by atoms with Gasteiger partial charge in [-0.15, -0.1) is 0 Å². The topological polar surface area (TPSA) is 92.7 Å². The van der Waals surface area contributed by atoms with Crippen LogP contribution in [0.3, 0.4) is 0 Å². The molecule has 1 saturated carbocycles. The number of hydrogen-bond donors (Lipinski definition) is 1. The van der Waals surface area contributed by atoms with Gasteiger partial charge in [-0.05, 0) is 84.2 Å². The molecule has 0 atom stereocenters. The molecular formula is C31H41N5O4. The van der Waals surface area contributed by atoms with Crippen molar-refractivity contribution < 1.29 is 14.3 Å². The van der Waals surface area contributed by atoms with Gasteiger partial charge < -0.3 is 24.3 Å². The second-order valence-corrected chi connectivity index (χ2v) is 11.6. The number of amides is 1. The molecule has 0 saturated heterocycles. The van der Waals surface area contributed by atoms with Crippen molar-refractivity contribution in [3.63, 3.8) is 0 Å². The number of nitrogens with one attached hydrogen (secondary N) is 1. The molecule has 1 aliphatic heterocycles. The van der Waals surface area contributed by atoms with Crippen LogP contribution >= 0.6 is 0 Å². The van der Waals surface area contributed by atoms with E-state index in [-0.39, 0.29) is 24.1 Å². The minimum absolute atomic E-state index is 0.0483. The Labute approximate surface area is 236 Å². The van der Waals surface area contributed by atoms with Gasteiger partial charge >= 0.3 is 0 Å². The Bertz CT molecular complexity index is 1480. The molecule has 3 heterocycles. The number of methoxy groups -OCH3 is 1. The lowest BCUT2D eigenvalue weighted by Gasteiger charge is -2.35. The van der Waals surface area contributed by atoms with Crippen molar-refractivity contribution >= 4 is 5.91 Å². The molecule has 2 aliphatic rings. The molecule has 0 unspecified atom stereocenters. The van der Waals surface area contributed by atoms with Crippen LogP contribution in [0, 0.1) is 20.8 Å². The summed E-state index contributed by atoms with van der Waals surface area (Å²) in [4.78, 5) is 33.9. The third kappa shape index (κ3) is 5.14. The molecule has 9 nitrogen and oxygen atoms in total. The zero-order valence-electron chi connectivity index (χ0n) is 24.8. The van der Waals surface area contributed by atoms with Gasteiger partial charge in [0, 0.05) is 53.8 Å². The van der Waals surface area contributed by atoms with Gasteiger partial charge in [0.15, 0.2) is 11.5 Å². The SMILES string of the molecule is COc1c(O[C@H]2CC[C@H](N(C)C)CC2)c(C)c2c(c1-c1cnn(C)c1)CCN(Cc1c(C)cc(C)[nH]c1=O)C2=O. The van der Waals surface area contributed by atoms with Crippen molar-refractivity contribution in [1.29, 1.82) is 0 Å². The highest BCUT2D eigenvalue weighted by Gasteiger charge is 2.35. The number of aryl methyl sites for hydroxylation is 3. The lowest BCUT2D eigenvalue weighted by Crippen LogP contribution is -2.40. The normalized spacial score (nSPS) is 19.2. The summed E-state index contributed by atoms with van der Waals surface area (Å²) in [5.41, 5.74) is 6.32. The molecule has 214 valence electrons. The fourth-order valence-corrected chi connectivity index (χ4v) is 6.39. The first-order valence-electron chi connectivity index (χ1n) is 14.1. The van der Waals surface area contributed by atoms with Gasteiger partial charge in [0.25, 0.3) is 11.5 Å². The molecule has 5 rings (SSSR count). The number of carbonyl (C=O) groups excluding carboxylic acids is 1. The maximum atomic E-state index is 14.2. The van der Waals surface area contributed by atoms with E-state index in [1.165, 1.54) is 0 Å². The molecule has 9 heteroatoms. The number of fused-ring (bicyclic) bond motifs is 1. The van der Waals surface area contributed by atoms with Crippen molar-refractivity contribution in [2.75, 3.05) is 27.7 Å². The average Bonchev–Trinajstić information content (AvgIpc) is 3.34. The maximum absolute atomic E-state index is 14.2. The van der Waals surface area contributed by atoms with Crippen molar-refractivity contribution in [2.24, 2.45) is 7.05 Å². The fourth-order valence-electron chi connectivity index (χ4n) is 6.39. The highest BCUT2D eigenvalue weighted by Crippen LogP contribution is 2.48. The Balaban J connectivity index is 1.58. The number of aromatic nitrogens is 3. The summed E-state index contributed by atoms with van der Waals surface area (Å²) in [6.07, 6.45) is 8.47. The molecule has 0 radical (unpaired) electrons. The van der Waals surface area contributed by atoms with E-state index in [0.29, 0.717) is 41.6 Å². The van der Waals surface area contributed by atoms with Gasteiger partial charge in [0.2, 0.25) is 0 Å². The van der Waals surface area contributed by atoms with Crippen LogP contribution in [0.1, 0.15) is 64.0 Å². The van der Waals surface area contributed by atoms with Gasteiger partial charge in [-0.25, -0.2) is 0 Å². The Morgan fingerprint density at radius 2 is 1.80 bits per heavy atom. The van der Waals surface area contributed by atoms with E-state index in [2.05, 4.69) is 29.1 Å². The summed E-state index contributed by atoms with van der Waals surface area (Å²) in [5, 5.41) is 4.41. The van der Waals surface area contributed by atoms with Crippen molar-refractivity contribution in [1.82, 2.24) is 24.6 Å². The first-order chi connectivity index (χ1) is 19.1. The molecule has 0 spiro atoms. The highest BCUT2D eigenvalue weighted by atomic mass is 16.5. The zero-order chi connectivity index (χ0) is 28.7. The largest absolute Gasteiger partial charge is 0.492 e. The van der Waals surface area contributed by atoms with E-state index in [0.717, 1.165) is 59.2 Å². The minimum atomic E-state index is -0.143. The van der Waals surface area contributed by atoms with Crippen LogP contribution in [0.4, 0.5) is 0 Å². The standard InChI is InChI=1S/C31H41N5O4/c1-18-14-19(2)33-30(37)25(18)17-36-13-12-24-26(31(36)38)20(3)28(40-23-10-8-22(9-11-23)34(4)5)29(39-7)27(24)21-15-32-35(6)16-21/h14-16,22-23H,8-13,17H2,1-7H3,(H,33,37)/t22-,23-. The van der Waals surface area contributed by atoms with Gasteiger partial charge in [-0.1, -0.05) is 0 Å². The third-order valence-electron chi connectivity index (χ3n) is 8.58. The molecule has 2 aromatic heterocycles. The number of H-pyrrole nitrogens is 1. The summed E-state index contributed by atoms with van der Waals surface area (Å²) in [5.74, 6) is 1.20. The second kappa shape index (κ2) is 11.1. The van der Waals surface area contributed by atoms with Gasteiger partial charge in [-0.3, -0.25) is 14.3 Å². The summed E-state index contributed by atoms with van der Waals surface area (Å²) < 4.78 is 14.5. The summed E-state index contributed by atoms with van der Waals surface area (Å²) in [6.45, 7) is 6.51. The van der Waals surface area contributed by atoms with E-state index in [1.807, 2.05) is 46.3 Å². The summed E-state index contributed by atoms with van der Waals surface area (Å²) >= 11 is 0. The van der Waals surface area contributed by atoms with Crippen molar-refractivity contribution in [3.05, 3.63) is 62.3 Å². The van der Waals surface area contributed by atoms with Crippen LogP contribution in [0.15, 0.2) is 23.3 Å². The number of nitrogens with zero attached hydrogens (tertiary/aromatic N) is 4. The van der Waals surface area contributed by atoms with E-state index in [9.17, 15) is 9.59 Å². The molecule has 1 amide bonds. The third-order valence-corrected chi connectivity index (χ3v) is 8.58. The lowest BCUT2D eigenvalue weighted by atomic mass is 9.86. The molecule has 1 N–H and O–H groups in total. The molecule has 1 aromatic carbocycles. The number of aromatic amines is 1. The van der Waals surface area contributed by atoms with Crippen LogP contribution in [0.5, 0.6) is 11.5 Å². The smallest absolute Gasteiger partial charge is 0.254 e. The van der Waals surface area contributed by atoms with Gasteiger partial charge in [0.1, 0.15) is 0 Å². The molecule has 1 aliphatic carbocycles. The predicted molar refractivity (Wildman–Crippen MR) is 155 cm³/mol. The number of hydrogen-bond acceptors (Lipinski definition) is 6. The van der Waals surface area contributed by atoms with Crippen LogP contribution in [-0.4, -0.2) is 70.4 Å². The Morgan fingerprint density at radius 3 is 2.40 bits per heavy atom. The van der Waals surface area contributed by atoms with Crippen molar-refractivity contribution in [3.8, 4) is 22.6 Å². The van der Waals surface area contributed by atoms with Crippen LogP contribution < -0.4 is 15.0 Å². The van der Waals surface area contributed by atoms with E-state index in [1.54, 1.807) is 16.7 Å². The van der Waals surface area contributed by atoms with Gasteiger partial charge in [-0.2, -0.15) is 5.10 Å². The van der Waals surface area contributed by atoms with E-state index >= 15 is 0 Å². The molecule has 40 heavy (non-hydrogen) atoms. The predicted octanol–water partition coefficient (Wildman–Crippen LogP) is 4.16. The highest BCUT2D eigenvalue weighted by molar-refractivity contribution is 6.02. The first kappa shape index (κ1) is 28.0.